The van der Waals surface area contributed by atoms with Crippen molar-refractivity contribution in [3.8, 4) is 12.3 Å². The van der Waals surface area contributed by atoms with Crippen molar-refractivity contribution >= 4 is 26.8 Å². The number of pyridine rings is 1. The molecule has 1 aromatic heterocycles. The number of benzene rings is 1. The first-order valence-corrected chi connectivity index (χ1v) is 6.76. The second kappa shape index (κ2) is 5.99. The highest BCUT2D eigenvalue weighted by atomic mass is 79.9. The highest BCUT2D eigenvalue weighted by Gasteiger charge is 2.12. The van der Waals surface area contributed by atoms with E-state index in [1.165, 1.54) is 0 Å². The van der Waals surface area contributed by atoms with Crippen LogP contribution in [0.5, 0.6) is 0 Å². The van der Waals surface area contributed by atoms with Crippen LogP contribution in [-0.4, -0.2) is 4.98 Å². The van der Waals surface area contributed by atoms with Crippen molar-refractivity contribution in [1.29, 1.82) is 0 Å². The molecule has 0 saturated heterocycles. The lowest BCUT2D eigenvalue weighted by molar-refractivity contribution is 0.606. The fourth-order valence-corrected chi connectivity index (χ4v) is 2.56. The van der Waals surface area contributed by atoms with Crippen LogP contribution < -0.4 is 5.73 Å². The first-order chi connectivity index (χ1) is 8.72. The maximum absolute atomic E-state index is 6.17. The van der Waals surface area contributed by atoms with Gasteiger partial charge in [-0.3, -0.25) is 0 Å². The van der Waals surface area contributed by atoms with Gasteiger partial charge >= 0.3 is 0 Å². The lowest BCUT2D eigenvalue weighted by Gasteiger charge is -2.13. The molecule has 0 aliphatic carbocycles. The lowest BCUT2D eigenvalue weighted by atomic mass is 10.1. The smallest absolute Gasteiger partial charge is 0.0720 e. The Morgan fingerprint density at radius 2 is 2.17 bits per heavy atom. The molecule has 1 unspecified atom stereocenters. The lowest BCUT2D eigenvalue weighted by Crippen LogP contribution is -2.12. The quantitative estimate of drug-likeness (QED) is 0.689. The van der Waals surface area contributed by atoms with E-state index >= 15 is 0 Å². The van der Waals surface area contributed by atoms with Gasteiger partial charge in [-0.15, -0.1) is 12.3 Å². The van der Waals surface area contributed by atoms with E-state index in [1.807, 2.05) is 24.3 Å². The SMILES string of the molecule is C#CCCCC(N)c1nc2ccccc2cc1Br. The second-order valence-corrected chi connectivity index (χ2v) is 5.11. The summed E-state index contributed by atoms with van der Waals surface area (Å²) in [6, 6.07) is 10.0. The van der Waals surface area contributed by atoms with Crippen molar-refractivity contribution in [2.45, 2.75) is 25.3 Å². The van der Waals surface area contributed by atoms with Crippen molar-refractivity contribution in [3.63, 3.8) is 0 Å². The van der Waals surface area contributed by atoms with Gasteiger partial charge in [-0.05, 0) is 40.9 Å². The minimum Gasteiger partial charge on any atom is -0.323 e. The van der Waals surface area contributed by atoms with Crippen LogP contribution in [0.15, 0.2) is 34.8 Å². The van der Waals surface area contributed by atoms with Crippen LogP contribution in [0.25, 0.3) is 10.9 Å². The van der Waals surface area contributed by atoms with Gasteiger partial charge in [0.15, 0.2) is 0 Å². The molecule has 0 bridgehead atoms. The van der Waals surface area contributed by atoms with Crippen LogP contribution in [-0.2, 0) is 0 Å². The first kappa shape index (κ1) is 13.1. The minimum absolute atomic E-state index is 0.0719. The predicted molar refractivity (Wildman–Crippen MR) is 79.1 cm³/mol. The summed E-state index contributed by atoms with van der Waals surface area (Å²) in [5.41, 5.74) is 8.05. The molecule has 1 aromatic carbocycles. The maximum Gasteiger partial charge on any atom is 0.0720 e. The zero-order valence-electron chi connectivity index (χ0n) is 10.1. The molecule has 18 heavy (non-hydrogen) atoms. The molecule has 1 atom stereocenters. The van der Waals surface area contributed by atoms with Crippen molar-refractivity contribution in [3.05, 3.63) is 40.5 Å². The van der Waals surface area contributed by atoms with Gasteiger partial charge in [0, 0.05) is 22.3 Å². The normalized spacial score (nSPS) is 12.3. The summed E-state index contributed by atoms with van der Waals surface area (Å²) in [4.78, 5) is 4.63. The number of terminal acetylenes is 1. The van der Waals surface area contributed by atoms with E-state index in [1.54, 1.807) is 0 Å². The van der Waals surface area contributed by atoms with E-state index in [2.05, 4.69) is 32.9 Å². The fraction of sp³-hybridized carbons (Fsp3) is 0.267. The van der Waals surface area contributed by atoms with Crippen molar-refractivity contribution in [2.75, 3.05) is 0 Å². The van der Waals surface area contributed by atoms with Crippen molar-refractivity contribution in [1.82, 2.24) is 4.98 Å². The third-order valence-electron chi connectivity index (χ3n) is 2.89. The van der Waals surface area contributed by atoms with Gasteiger partial charge < -0.3 is 5.73 Å². The van der Waals surface area contributed by atoms with E-state index in [9.17, 15) is 0 Å². The molecule has 92 valence electrons. The van der Waals surface area contributed by atoms with E-state index in [-0.39, 0.29) is 6.04 Å². The number of unbranched alkanes of at least 4 members (excludes halogenated alkanes) is 1. The monoisotopic (exact) mass is 302 g/mol. The van der Waals surface area contributed by atoms with Gasteiger partial charge in [0.05, 0.1) is 11.2 Å². The zero-order chi connectivity index (χ0) is 13.0. The Balaban J connectivity index is 2.27. The molecule has 2 N–H and O–H groups in total. The Kier molecular flexibility index (Phi) is 4.35. The van der Waals surface area contributed by atoms with E-state index in [4.69, 9.17) is 12.2 Å². The highest BCUT2D eigenvalue weighted by Crippen LogP contribution is 2.27. The molecule has 0 aliphatic rings. The topological polar surface area (TPSA) is 38.9 Å². The van der Waals surface area contributed by atoms with Crippen LogP contribution >= 0.6 is 15.9 Å². The fourth-order valence-electron chi connectivity index (χ4n) is 1.93. The molecular formula is C15H15BrN2. The number of hydrogen-bond acceptors (Lipinski definition) is 2. The average molecular weight is 303 g/mol. The summed E-state index contributed by atoms with van der Waals surface area (Å²) in [6.07, 6.45) is 7.79. The zero-order valence-corrected chi connectivity index (χ0v) is 11.7. The summed E-state index contributed by atoms with van der Waals surface area (Å²) in [5.74, 6) is 2.63. The largest absolute Gasteiger partial charge is 0.323 e. The summed E-state index contributed by atoms with van der Waals surface area (Å²) in [5, 5.41) is 1.11. The summed E-state index contributed by atoms with van der Waals surface area (Å²) < 4.78 is 0.967. The van der Waals surface area contributed by atoms with Crippen LogP contribution in [0.1, 0.15) is 31.0 Å². The van der Waals surface area contributed by atoms with E-state index in [0.29, 0.717) is 0 Å². The van der Waals surface area contributed by atoms with Crippen LogP contribution in [0.2, 0.25) is 0 Å². The van der Waals surface area contributed by atoms with Crippen LogP contribution in [0.4, 0.5) is 0 Å². The van der Waals surface area contributed by atoms with E-state index in [0.717, 1.165) is 40.3 Å². The Labute approximate surface area is 116 Å². The molecule has 2 aromatic rings. The van der Waals surface area contributed by atoms with E-state index < -0.39 is 0 Å². The number of nitrogens with zero attached hydrogens (tertiary/aromatic N) is 1. The van der Waals surface area contributed by atoms with Gasteiger partial charge in [0.1, 0.15) is 0 Å². The van der Waals surface area contributed by atoms with Gasteiger partial charge in [0.25, 0.3) is 0 Å². The Morgan fingerprint density at radius 1 is 1.39 bits per heavy atom. The Morgan fingerprint density at radius 3 is 2.94 bits per heavy atom. The molecule has 2 nitrogen and oxygen atoms in total. The number of rotatable bonds is 4. The predicted octanol–water partition coefficient (Wildman–Crippen LogP) is 3.80. The number of fused-ring (bicyclic) bond motifs is 1. The molecule has 0 fully saturated rings. The van der Waals surface area contributed by atoms with Gasteiger partial charge in [-0.2, -0.15) is 0 Å². The number of hydrogen-bond donors (Lipinski definition) is 1. The van der Waals surface area contributed by atoms with Crippen LogP contribution in [0, 0.1) is 12.3 Å². The highest BCUT2D eigenvalue weighted by molar-refractivity contribution is 9.10. The van der Waals surface area contributed by atoms with Gasteiger partial charge in [0.2, 0.25) is 0 Å². The molecular weight excluding hydrogens is 288 g/mol. The number of nitrogens with two attached hydrogens (primary N) is 1. The molecule has 0 saturated carbocycles. The molecule has 0 spiro atoms. The standard InChI is InChI=1S/C15H15BrN2/c1-2-3-4-8-13(17)15-12(16)10-11-7-5-6-9-14(11)18-15/h1,5-7,9-10,13H,3-4,8,17H2. The second-order valence-electron chi connectivity index (χ2n) is 4.25. The maximum atomic E-state index is 6.17. The summed E-state index contributed by atoms with van der Waals surface area (Å²) >= 11 is 3.54. The molecule has 0 amide bonds. The molecule has 1 heterocycles. The molecule has 2 rings (SSSR count). The number of aromatic nitrogens is 1. The Hall–Kier alpha value is -1.37. The number of halogens is 1. The number of para-hydroxylation sites is 1. The first-order valence-electron chi connectivity index (χ1n) is 5.96. The van der Waals surface area contributed by atoms with Crippen molar-refractivity contribution in [2.24, 2.45) is 5.73 Å². The molecule has 0 radical (unpaired) electrons. The third-order valence-corrected chi connectivity index (χ3v) is 3.53. The average Bonchev–Trinajstić information content (AvgIpc) is 2.38. The molecule has 3 heteroatoms. The van der Waals surface area contributed by atoms with Gasteiger partial charge in [-0.1, -0.05) is 18.2 Å². The van der Waals surface area contributed by atoms with Gasteiger partial charge in [-0.25, -0.2) is 4.98 Å². The third kappa shape index (κ3) is 2.90. The molecule has 0 aliphatic heterocycles. The van der Waals surface area contributed by atoms with Crippen molar-refractivity contribution < 1.29 is 0 Å². The summed E-state index contributed by atoms with van der Waals surface area (Å²) in [7, 11) is 0. The van der Waals surface area contributed by atoms with Crippen LogP contribution in [0.3, 0.4) is 0 Å². The minimum atomic E-state index is -0.0719. The Bertz CT molecular complexity index is 587. The summed E-state index contributed by atoms with van der Waals surface area (Å²) in [6.45, 7) is 0.